The average Bonchev–Trinajstić information content (AvgIpc) is 3.15. The summed E-state index contributed by atoms with van der Waals surface area (Å²) < 4.78 is 10.7. The SMILES string of the molecule is COc1cccc(N2CC(NC(=O)c3ccc(Oc4ncccn4)cc3)CC2=O)c1. The first-order valence-corrected chi connectivity index (χ1v) is 9.42. The molecule has 3 aromatic rings. The Kier molecular flexibility index (Phi) is 5.56. The predicted octanol–water partition coefficient (Wildman–Crippen LogP) is 2.81. The van der Waals surface area contributed by atoms with Gasteiger partial charge in [-0.15, -0.1) is 0 Å². The van der Waals surface area contributed by atoms with E-state index >= 15 is 0 Å². The van der Waals surface area contributed by atoms with Gasteiger partial charge in [0.15, 0.2) is 0 Å². The molecule has 0 bridgehead atoms. The van der Waals surface area contributed by atoms with Crippen molar-refractivity contribution in [1.82, 2.24) is 15.3 Å². The molecule has 2 aromatic carbocycles. The molecular weight excluding hydrogens is 384 g/mol. The normalized spacial score (nSPS) is 15.7. The summed E-state index contributed by atoms with van der Waals surface area (Å²) in [7, 11) is 1.58. The van der Waals surface area contributed by atoms with E-state index in [4.69, 9.17) is 9.47 Å². The number of nitrogens with one attached hydrogen (secondary N) is 1. The van der Waals surface area contributed by atoms with Gasteiger partial charge in [0.25, 0.3) is 5.91 Å². The first-order valence-electron chi connectivity index (χ1n) is 9.42. The molecule has 1 aromatic heterocycles. The van der Waals surface area contributed by atoms with Gasteiger partial charge in [-0.25, -0.2) is 9.97 Å². The van der Waals surface area contributed by atoms with Crippen LogP contribution in [0.1, 0.15) is 16.8 Å². The number of nitrogens with zero attached hydrogens (tertiary/aromatic N) is 3. The van der Waals surface area contributed by atoms with Crippen LogP contribution in [0.2, 0.25) is 0 Å². The summed E-state index contributed by atoms with van der Waals surface area (Å²) in [5.41, 5.74) is 1.23. The van der Waals surface area contributed by atoms with E-state index in [0.29, 0.717) is 23.6 Å². The molecule has 1 aliphatic heterocycles. The van der Waals surface area contributed by atoms with Crippen molar-refractivity contribution in [3.63, 3.8) is 0 Å². The molecule has 0 saturated carbocycles. The minimum absolute atomic E-state index is 0.0415. The second-order valence-corrected chi connectivity index (χ2v) is 6.74. The smallest absolute Gasteiger partial charge is 0.321 e. The zero-order chi connectivity index (χ0) is 20.9. The van der Waals surface area contributed by atoms with E-state index in [1.807, 2.05) is 18.2 Å². The zero-order valence-corrected chi connectivity index (χ0v) is 16.3. The highest BCUT2D eigenvalue weighted by molar-refractivity contribution is 5.99. The third kappa shape index (κ3) is 4.38. The number of anilines is 1. The maximum atomic E-state index is 12.6. The van der Waals surface area contributed by atoms with Crippen molar-refractivity contribution in [2.75, 3.05) is 18.6 Å². The van der Waals surface area contributed by atoms with Crippen LogP contribution in [0.25, 0.3) is 0 Å². The summed E-state index contributed by atoms with van der Waals surface area (Å²) in [6.45, 7) is 0.407. The molecule has 1 unspecified atom stereocenters. The average molecular weight is 404 g/mol. The standard InChI is InChI=1S/C22H20N4O4/c1-29-19-5-2-4-17(13-19)26-14-16(12-20(26)27)25-21(28)15-6-8-18(9-7-15)30-22-23-10-3-11-24-22/h2-11,13,16H,12,14H2,1H3,(H,25,28). The molecule has 8 heteroatoms. The third-order valence-electron chi connectivity index (χ3n) is 4.69. The molecule has 0 aliphatic carbocycles. The minimum atomic E-state index is -0.273. The molecule has 1 aliphatic rings. The summed E-state index contributed by atoms with van der Waals surface area (Å²) in [4.78, 5) is 34.7. The van der Waals surface area contributed by atoms with E-state index in [-0.39, 0.29) is 30.3 Å². The lowest BCUT2D eigenvalue weighted by Crippen LogP contribution is -2.37. The Balaban J connectivity index is 1.37. The number of rotatable bonds is 6. The maximum absolute atomic E-state index is 12.6. The lowest BCUT2D eigenvalue weighted by molar-refractivity contribution is -0.117. The van der Waals surface area contributed by atoms with E-state index in [9.17, 15) is 9.59 Å². The molecule has 2 amide bonds. The molecule has 1 fully saturated rings. The Hall–Kier alpha value is -3.94. The first-order chi connectivity index (χ1) is 14.6. The number of hydrogen-bond acceptors (Lipinski definition) is 6. The topological polar surface area (TPSA) is 93.7 Å². The number of ether oxygens (including phenoxy) is 2. The Morgan fingerprint density at radius 1 is 1.07 bits per heavy atom. The predicted molar refractivity (Wildman–Crippen MR) is 110 cm³/mol. The fourth-order valence-electron chi connectivity index (χ4n) is 3.22. The van der Waals surface area contributed by atoms with Crippen LogP contribution in [-0.4, -0.2) is 41.5 Å². The van der Waals surface area contributed by atoms with Crippen molar-refractivity contribution in [1.29, 1.82) is 0 Å². The lowest BCUT2D eigenvalue weighted by Gasteiger charge is -2.18. The van der Waals surface area contributed by atoms with Gasteiger partial charge in [0.1, 0.15) is 11.5 Å². The second-order valence-electron chi connectivity index (χ2n) is 6.74. The molecule has 1 saturated heterocycles. The number of carbonyl (C=O) groups excluding carboxylic acids is 2. The van der Waals surface area contributed by atoms with Gasteiger partial charge in [-0.3, -0.25) is 9.59 Å². The fourth-order valence-corrected chi connectivity index (χ4v) is 3.22. The van der Waals surface area contributed by atoms with E-state index in [1.54, 1.807) is 60.8 Å². The van der Waals surface area contributed by atoms with Crippen LogP contribution in [-0.2, 0) is 4.79 Å². The van der Waals surface area contributed by atoms with Gasteiger partial charge in [-0.2, -0.15) is 0 Å². The van der Waals surface area contributed by atoms with Crippen LogP contribution in [0.15, 0.2) is 67.0 Å². The highest BCUT2D eigenvalue weighted by Gasteiger charge is 2.31. The summed E-state index contributed by atoms with van der Waals surface area (Å²) in [5, 5.41) is 2.92. The summed E-state index contributed by atoms with van der Waals surface area (Å²) in [6.07, 6.45) is 3.42. The Bertz CT molecular complexity index is 1040. The Morgan fingerprint density at radius 2 is 1.83 bits per heavy atom. The fraction of sp³-hybridized carbons (Fsp3) is 0.182. The van der Waals surface area contributed by atoms with Gasteiger partial charge in [-0.05, 0) is 42.5 Å². The van der Waals surface area contributed by atoms with Crippen molar-refractivity contribution in [3.8, 4) is 17.5 Å². The molecule has 1 atom stereocenters. The Labute approximate surface area is 173 Å². The molecular formula is C22H20N4O4. The third-order valence-corrected chi connectivity index (χ3v) is 4.69. The molecule has 1 N–H and O–H groups in total. The minimum Gasteiger partial charge on any atom is -0.497 e. The van der Waals surface area contributed by atoms with Crippen LogP contribution in [0.3, 0.4) is 0 Å². The summed E-state index contributed by atoms with van der Waals surface area (Å²) in [5.74, 6) is 0.914. The van der Waals surface area contributed by atoms with Gasteiger partial charge in [0.05, 0.1) is 13.2 Å². The first kappa shape index (κ1) is 19.4. The number of amides is 2. The summed E-state index contributed by atoms with van der Waals surface area (Å²) >= 11 is 0. The molecule has 8 nitrogen and oxygen atoms in total. The van der Waals surface area contributed by atoms with Crippen molar-refractivity contribution in [2.45, 2.75) is 12.5 Å². The van der Waals surface area contributed by atoms with E-state index in [2.05, 4.69) is 15.3 Å². The molecule has 4 rings (SSSR count). The van der Waals surface area contributed by atoms with Crippen LogP contribution in [0.4, 0.5) is 5.69 Å². The van der Waals surface area contributed by atoms with E-state index in [0.717, 1.165) is 5.69 Å². The number of methoxy groups -OCH3 is 1. The van der Waals surface area contributed by atoms with Gasteiger partial charge in [0, 0.05) is 42.7 Å². The van der Waals surface area contributed by atoms with Crippen molar-refractivity contribution >= 4 is 17.5 Å². The number of hydrogen-bond donors (Lipinski definition) is 1. The van der Waals surface area contributed by atoms with Crippen LogP contribution in [0, 0.1) is 0 Å². The zero-order valence-electron chi connectivity index (χ0n) is 16.3. The molecule has 2 heterocycles. The van der Waals surface area contributed by atoms with Gasteiger partial charge in [-0.1, -0.05) is 6.07 Å². The Morgan fingerprint density at radius 3 is 2.57 bits per heavy atom. The molecule has 152 valence electrons. The van der Waals surface area contributed by atoms with E-state index in [1.165, 1.54) is 0 Å². The summed E-state index contributed by atoms with van der Waals surface area (Å²) in [6, 6.07) is 15.6. The van der Waals surface area contributed by atoms with Gasteiger partial charge >= 0.3 is 6.01 Å². The van der Waals surface area contributed by atoms with Gasteiger partial charge < -0.3 is 19.7 Å². The van der Waals surface area contributed by atoms with E-state index < -0.39 is 0 Å². The number of benzene rings is 2. The van der Waals surface area contributed by atoms with Crippen LogP contribution < -0.4 is 19.7 Å². The highest BCUT2D eigenvalue weighted by Crippen LogP contribution is 2.25. The molecule has 0 radical (unpaired) electrons. The van der Waals surface area contributed by atoms with Crippen molar-refractivity contribution in [3.05, 3.63) is 72.6 Å². The molecule has 30 heavy (non-hydrogen) atoms. The quantitative estimate of drug-likeness (QED) is 0.679. The number of carbonyl (C=O) groups is 2. The number of aromatic nitrogens is 2. The molecule has 0 spiro atoms. The van der Waals surface area contributed by atoms with Crippen molar-refractivity contribution in [2.24, 2.45) is 0 Å². The lowest BCUT2D eigenvalue weighted by atomic mass is 10.2. The van der Waals surface area contributed by atoms with Crippen LogP contribution >= 0.6 is 0 Å². The maximum Gasteiger partial charge on any atom is 0.321 e. The largest absolute Gasteiger partial charge is 0.497 e. The highest BCUT2D eigenvalue weighted by atomic mass is 16.5. The van der Waals surface area contributed by atoms with Crippen LogP contribution in [0.5, 0.6) is 17.5 Å². The second kappa shape index (κ2) is 8.60. The van der Waals surface area contributed by atoms with Crippen molar-refractivity contribution < 1.29 is 19.1 Å². The monoisotopic (exact) mass is 404 g/mol. The van der Waals surface area contributed by atoms with Gasteiger partial charge in [0.2, 0.25) is 5.91 Å².